The molecule has 1 fully saturated rings. The third kappa shape index (κ3) is 3.03. The van der Waals surface area contributed by atoms with Crippen LogP contribution >= 0.6 is 11.6 Å². The fourth-order valence-electron chi connectivity index (χ4n) is 1.51. The maximum atomic E-state index is 11.6. The monoisotopic (exact) mass is 201 g/mol. The van der Waals surface area contributed by atoms with E-state index < -0.39 is 0 Å². The van der Waals surface area contributed by atoms with E-state index in [1.807, 2.05) is 11.8 Å². The first kappa shape index (κ1) is 10.6. The Morgan fingerprint density at radius 1 is 1.38 bits per heavy atom. The first-order valence-electron chi connectivity index (χ1n) is 4.90. The summed E-state index contributed by atoms with van der Waals surface area (Å²) in [4.78, 5) is 13.5. The molecule has 2 nitrogen and oxygen atoms in total. The Labute approximate surface area is 84.6 Å². The molecule has 0 aliphatic carbocycles. The third-order valence-corrected chi connectivity index (χ3v) is 2.55. The minimum Gasteiger partial charge on any atom is -0.338 e. The fraction of sp³-hybridized carbons (Fsp3) is 0.700. The molecule has 13 heavy (non-hydrogen) atoms. The number of likely N-dealkylation sites (tertiary alicyclic amines) is 1. The first-order valence-corrected chi connectivity index (χ1v) is 5.28. The van der Waals surface area contributed by atoms with Crippen molar-refractivity contribution in [1.82, 2.24) is 4.90 Å². The van der Waals surface area contributed by atoms with Gasteiger partial charge in [-0.1, -0.05) is 24.6 Å². The molecular weight excluding hydrogens is 186 g/mol. The Kier molecular flexibility index (Phi) is 4.29. The summed E-state index contributed by atoms with van der Waals surface area (Å²) in [5, 5.41) is 0.379. The molecule has 0 atom stereocenters. The summed E-state index contributed by atoms with van der Waals surface area (Å²) < 4.78 is 0. The van der Waals surface area contributed by atoms with Gasteiger partial charge in [0.05, 0.1) is 0 Å². The second-order valence-corrected chi connectivity index (χ2v) is 3.72. The number of rotatable bonds is 2. The Morgan fingerprint density at radius 2 is 2.00 bits per heavy atom. The molecule has 0 N–H and O–H groups in total. The topological polar surface area (TPSA) is 20.3 Å². The molecular formula is C10H16ClNO. The summed E-state index contributed by atoms with van der Waals surface area (Å²) in [7, 11) is 0. The summed E-state index contributed by atoms with van der Waals surface area (Å²) in [6.07, 6.45) is 6.06. The van der Waals surface area contributed by atoms with Crippen molar-refractivity contribution in [2.45, 2.75) is 32.6 Å². The van der Waals surface area contributed by atoms with E-state index in [4.69, 9.17) is 11.6 Å². The Morgan fingerprint density at radius 3 is 2.54 bits per heavy atom. The van der Waals surface area contributed by atoms with E-state index in [1.165, 1.54) is 6.42 Å². The number of allylic oxidation sites excluding steroid dienone is 1. The van der Waals surface area contributed by atoms with Crippen LogP contribution in [0.25, 0.3) is 0 Å². The largest absolute Gasteiger partial charge is 0.338 e. The summed E-state index contributed by atoms with van der Waals surface area (Å²) in [5.41, 5.74) is 0. The van der Waals surface area contributed by atoms with Crippen LogP contribution in [0.1, 0.15) is 32.6 Å². The van der Waals surface area contributed by atoms with Crippen LogP contribution in [-0.2, 0) is 4.79 Å². The number of hydrogen-bond donors (Lipinski definition) is 0. The number of amides is 1. The smallest absolute Gasteiger partial charge is 0.265 e. The van der Waals surface area contributed by atoms with Gasteiger partial charge in [-0.15, -0.1) is 0 Å². The van der Waals surface area contributed by atoms with Crippen molar-refractivity contribution < 1.29 is 4.79 Å². The second-order valence-electron chi connectivity index (χ2n) is 3.31. The molecule has 74 valence electrons. The van der Waals surface area contributed by atoms with Gasteiger partial charge in [0, 0.05) is 13.1 Å². The highest BCUT2D eigenvalue weighted by Gasteiger charge is 2.18. The van der Waals surface area contributed by atoms with Crippen molar-refractivity contribution in [2.75, 3.05) is 13.1 Å². The standard InChI is InChI=1S/C10H16ClNO/c1-2-6-9(11)10(13)12-7-4-3-5-8-12/h6H,2-5,7-8H2,1H3/b9-6+. The lowest BCUT2D eigenvalue weighted by Crippen LogP contribution is -2.35. The zero-order chi connectivity index (χ0) is 9.68. The summed E-state index contributed by atoms with van der Waals surface area (Å²) in [6, 6.07) is 0. The SMILES string of the molecule is CC/C=C(/Cl)C(=O)N1CCCCC1. The van der Waals surface area contributed by atoms with E-state index in [-0.39, 0.29) is 5.91 Å². The molecule has 1 rings (SSSR count). The summed E-state index contributed by atoms with van der Waals surface area (Å²) >= 11 is 5.83. The highest BCUT2D eigenvalue weighted by molar-refractivity contribution is 6.42. The average Bonchev–Trinajstić information content (AvgIpc) is 2.18. The summed E-state index contributed by atoms with van der Waals surface area (Å²) in [6.45, 7) is 3.71. The van der Waals surface area contributed by atoms with Gasteiger partial charge in [0.25, 0.3) is 5.91 Å². The van der Waals surface area contributed by atoms with Crippen LogP contribution in [0.3, 0.4) is 0 Å². The predicted molar refractivity (Wildman–Crippen MR) is 54.7 cm³/mol. The van der Waals surface area contributed by atoms with E-state index >= 15 is 0 Å². The summed E-state index contributed by atoms with van der Waals surface area (Å²) in [5.74, 6) is 0.00298. The zero-order valence-electron chi connectivity index (χ0n) is 8.05. The van der Waals surface area contributed by atoms with Gasteiger partial charge in [0.2, 0.25) is 0 Å². The van der Waals surface area contributed by atoms with E-state index in [1.54, 1.807) is 6.08 Å². The molecule has 1 saturated heterocycles. The number of hydrogen-bond acceptors (Lipinski definition) is 1. The molecule has 0 radical (unpaired) electrons. The third-order valence-electron chi connectivity index (χ3n) is 2.23. The molecule has 0 aromatic carbocycles. The maximum Gasteiger partial charge on any atom is 0.265 e. The molecule has 0 saturated carbocycles. The fourth-order valence-corrected chi connectivity index (χ4v) is 1.79. The molecule has 1 aliphatic heterocycles. The Bertz CT molecular complexity index is 207. The van der Waals surface area contributed by atoms with Gasteiger partial charge in [0.15, 0.2) is 0 Å². The van der Waals surface area contributed by atoms with E-state index in [0.717, 1.165) is 32.4 Å². The van der Waals surface area contributed by atoms with Crippen LogP contribution in [0.5, 0.6) is 0 Å². The molecule has 0 aromatic rings. The highest BCUT2D eigenvalue weighted by Crippen LogP contribution is 2.14. The van der Waals surface area contributed by atoms with Gasteiger partial charge in [-0.3, -0.25) is 4.79 Å². The molecule has 0 unspecified atom stereocenters. The van der Waals surface area contributed by atoms with Crippen molar-refractivity contribution in [3.8, 4) is 0 Å². The predicted octanol–water partition coefficient (Wildman–Crippen LogP) is 2.53. The van der Waals surface area contributed by atoms with E-state index in [9.17, 15) is 4.79 Å². The van der Waals surface area contributed by atoms with Crippen LogP contribution in [0.4, 0.5) is 0 Å². The maximum absolute atomic E-state index is 11.6. The molecule has 0 aromatic heterocycles. The molecule has 1 amide bonds. The molecule has 1 aliphatic rings. The minimum atomic E-state index is 0.00298. The Balaban J connectivity index is 2.50. The number of carbonyl (C=O) groups is 1. The molecule has 0 bridgehead atoms. The van der Waals surface area contributed by atoms with Gasteiger partial charge in [-0.2, -0.15) is 0 Å². The lowest BCUT2D eigenvalue weighted by molar-refractivity contribution is -0.127. The van der Waals surface area contributed by atoms with Crippen molar-refractivity contribution in [1.29, 1.82) is 0 Å². The van der Waals surface area contributed by atoms with E-state index in [0.29, 0.717) is 5.03 Å². The van der Waals surface area contributed by atoms with Crippen molar-refractivity contribution in [3.63, 3.8) is 0 Å². The Hall–Kier alpha value is -0.500. The lowest BCUT2D eigenvalue weighted by Gasteiger charge is -2.26. The average molecular weight is 202 g/mol. The van der Waals surface area contributed by atoms with Gasteiger partial charge in [-0.05, 0) is 25.7 Å². The molecule has 1 heterocycles. The number of piperidine rings is 1. The van der Waals surface area contributed by atoms with Gasteiger partial charge in [-0.25, -0.2) is 0 Å². The molecule has 3 heteroatoms. The normalized spacial score (nSPS) is 18.9. The van der Waals surface area contributed by atoms with Gasteiger partial charge < -0.3 is 4.90 Å². The highest BCUT2D eigenvalue weighted by atomic mass is 35.5. The van der Waals surface area contributed by atoms with Crippen molar-refractivity contribution in [2.24, 2.45) is 0 Å². The van der Waals surface area contributed by atoms with E-state index in [2.05, 4.69) is 0 Å². The minimum absolute atomic E-state index is 0.00298. The lowest BCUT2D eigenvalue weighted by atomic mass is 10.1. The van der Waals surface area contributed by atoms with Crippen LogP contribution < -0.4 is 0 Å². The van der Waals surface area contributed by atoms with Crippen LogP contribution in [0.15, 0.2) is 11.1 Å². The quantitative estimate of drug-likeness (QED) is 0.629. The first-order chi connectivity index (χ1) is 6.25. The van der Waals surface area contributed by atoms with Gasteiger partial charge >= 0.3 is 0 Å². The number of nitrogens with zero attached hydrogens (tertiary/aromatic N) is 1. The van der Waals surface area contributed by atoms with Gasteiger partial charge in [0.1, 0.15) is 5.03 Å². The second kappa shape index (κ2) is 5.28. The van der Waals surface area contributed by atoms with Crippen molar-refractivity contribution in [3.05, 3.63) is 11.1 Å². The van der Waals surface area contributed by atoms with Crippen LogP contribution in [0, 0.1) is 0 Å². The van der Waals surface area contributed by atoms with Crippen LogP contribution in [-0.4, -0.2) is 23.9 Å². The number of carbonyl (C=O) groups excluding carboxylic acids is 1. The number of halogens is 1. The zero-order valence-corrected chi connectivity index (χ0v) is 8.81. The van der Waals surface area contributed by atoms with Crippen LogP contribution in [0.2, 0.25) is 0 Å². The van der Waals surface area contributed by atoms with Crippen molar-refractivity contribution >= 4 is 17.5 Å². The molecule has 0 spiro atoms.